The number of rotatable bonds is 3. The first-order valence-corrected chi connectivity index (χ1v) is 3.83. The molecule has 0 unspecified atom stereocenters. The van der Waals surface area contributed by atoms with E-state index in [0.29, 0.717) is 6.54 Å². The Labute approximate surface area is 71.9 Å². The zero-order valence-electron chi connectivity index (χ0n) is 7.10. The second-order valence-corrected chi connectivity index (χ2v) is 2.58. The normalized spacial score (nSPS) is 9.83. The first-order chi connectivity index (χ1) is 5.77. The van der Waals surface area contributed by atoms with E-state index in [2.05, 4.69) is 11.9 Å². The zero-order valence-corrected chi connectivity index (χ0v) is 7.10. The Morgan fingerprint density at radius 3 is 2.92 bits per heavy atom. The summed E-state index contributed by atoms with van der Waals surface area (Å²) in [5, 5.41) is 2.97. The van der Waals surface area contributed by atoms with Gasteiger partial charge in [-0.1, -0.05) is 18.7 Å². The van der Waals surface area contributed by atoms with Crippen LogP contribution in [-0.2, 0) is 6.54 Å². The van der Waals surface area contributed by atoms with E-state index in [1.807, 2.05) is 7.05 Å². The Hall–Kier alpha value is -1.15. The Morgan fingerprint density at radius 2 is 2.33 bits per heavy atom. The standard InChI is InChI=1S/C10H12FN/c1-3-8-4-5-10(11)6-9(8)7-12-2/h3-6,12H,1,7H2,2H3. The number of hydrogen-bond donors (Lipinski definition) is 1. The smallest absolute Gasteiger partial charge is 0.123 e. The van der Waals surface area contributed by atoms with Gasteiger partial charge >= 0.3 is 0 Å². The van der Waals surface area contributed by atoms with E-state index < -0.39 is 0 Å². The van der Waals surface area contributed by atoms with E-state index in [1.54, 1.807) is 12.1 Å². The van der Waals surface area contributed by atoms with Crippen molar-refractivity contribution < 1.29 is 4.39 Å². The highest BCUT2D eigenvalue weighted by Gasteiger charge is 1.99. The lowest BCUT2D eigenvalue weighted by molar-refractivity contribution is 0.623. The van der Waals surface area contributed by atoms with E-state index >= 15 is 0 Å². The van der Waals surface area contributed by atoms with Gasteiger partial charge in [0.2, 0.25) is 0 Å². The molecule has 2 heteroatoms. The summed E-state index contributed by atoms with van der Waals surface area (Å²) >= 11 is 0. The highest BCUT2D eigenvalue weighted by molar-refractivity contribution is 5.51. The Kier molecular flexibility index (Phi) is 3.00. The molecule has 0 saturated heterocycles. The Morgan fingerprint density at radius 1 is 1.58 bits per heavy atom. The first kappa shape index (κ1) is 8.94. The van der Waals surface area contributed by atoms with Crippen molar-refractivity contribution in [1.29, 1.82) is 0 Å². The van der Waals surface area contributed by atoms with E-state index in [0.717, 1.165) is 11.1 Å². The van der Waals surface area contributed by atoms with Crippen molar-refractivity contribution in [2.24, 2.45) is 0 Å². The minimum atomic E-state index is -0.203. The van der Waals surface area contributed by atoms with Gasteiger partial charge in [0.15, 0.2) is 0 Å². The fourth-order valence-corrected chi connectivity index (χ4v) is 1.12. The van der Waals surface area contributed by atoms with Gasteiger partial charge in [0.1, 0.15) is 5.82 Å². The van der Waals surface area contributed by atoms with Crippen molar-refractivity contribution in [1.82, 2.24) is 5.32 Å². The molecule has 0 aromatic heterocycles. The molecule has 1 aromatic carbocycles. The van der Waals surface area contributed by atoms with Crippen LogP contribution in [0, 0.1) is 5.82 Å². The summed E-state index contributed by atoms with van der Waals surface area (Å²) in [4.78, 5) is 0. The van der Waals surface area contributed by atoms with Gasteiger partial charge in [-0.05, 0) is 30.3 Å². The molecule has 0 saturated carbocycles. The molecule has 0 bridgehead atoms. The van der Waals surface area contributed by atoms with Crippen LogP contribution in [-0.4, -0.2) is 7.05 Å². The molecule has 0 aliphatic rings. The lowest BCUT2D eigenvalue weighted by atomic mass is 10.1. The average molecular weight is 165 g/mol. The van der Waals surface area contributed by atoms with Crippen LogP contribution in [0.5, 0.6) is 0 Å². The molecule has 1 rings (SSSR count). The van der Waals surface area contributed by atoms with Gasteiger partial charge in [-0.3, -0.25) is 0 Å². The van der Waals surface area contributed by atoms with Crippen LogP contribution >= 0.6 is 0 Å². The molecule has 0 aliphatic carbocycles. The van der Waals surface area contributed by atoms with E-state index in [9.17, 15) is 4.39 Å². The van der Waals surface area contributed by atoms with Crippen molar-refractivity contribution in [3.63, 3.8) is 0 Å². The van der Waals surface area contributed by atoms with Crippen LogP contribution in [0.1, 0.15) is 11.1 Å². The van der Waals surface area contributed by atoms with Gasteiger partial charge in [-0.25, -0.2) is 4.39 Å². The van der Waals surface area contributed by atoms with Gasteiger partial charge in [0, 0.05) is 6.54 Å². The lowest BCUT2D eigenvalue weighted by Gasteiger charge is -2.04. The van der Waals surface area contributed by atoms with Gasteiger partial charge in [0.05, 0.1) is 0 Å². The summed E-state index contributed by atoms with van der Waals surface area (Å²) in [5.74, 6) is -0.203. The van der Waals surface area contributed by atoms with Crippen LogP contribution < -0.4 is 5.32 Å². The molecule has 0 spiro atoms. The molecule has 0 atom stereocenters. The average Bonchev–Trinajstić information content (AvgIpc) is 2.05. The van der Waals surface area contributed by atoms with Gasteiger partial charge < -0.3 is 5.32 Å². The Balaban J connectivity index is 3.03. The van der Waals surface area contributed by atoms with E-state index in [4.69, 9.17) is 0 Å². The van der Waals surface area contributed by atoms with Gasteiger partial charge in [-0.15, -0.1) is 0 Å². The topological polar surface area (TPSA) is 12.0 Å². The molecular weight excluding hydrogens is 153 g/mol. The maximum atomic E-state index is 12.7. The van der Waals surface area contributed by atoms with Crippen molar-refractivity contribution in [2.45, 2.75) is 6.54 Å². The number of hydrogen-bond acceptors (Lipinski definition) is 1. The summed E-state index contributed by atoms with van der Waals surface area (Å²) in [6, 6.07) is 4.69. The van der Waals surface area contributed by atoms with E-state index in [1.165, 1.54) is 12.1 Å². The minimum absolute atomic E-state index is 0.203. The maximum absolute atomic E-state index is 12.7. The summed E-state index contributed by atoms with van der Waals surface area (Å²) in [7, 11) is 1.83. The van der Waals surface area contributed by atoms with Crippen LogP contribution in [0.2, 0.25) is 0 Å². The minimum Gasteiger partial charge on any atom is -0.316 e. The second kappa shape index (κ2) is 4.02. The highest BCUT2D eigenvalue weighted by Crippen LogP contribution is 2.11. The molecule has 0 fully saturated rings. The summed E-state index contributed by atoms with van der Waals surface area (Å²) in [6.07, 6.45) is 1.73. The number of halogens is 1. The fraction of sp³-hybridized carbons (Fsp3) is 0.200. The van der Waals surface area contributed by atoms with E-state index in [-0.39, 0.29) is 5.82 Å². The van der Waals surface area contributed by atoms with Crippen molar-refractivity contribution in [3.8, 4) is 0 Å². The third-order valence-electron chi connectivity index (χ3n) is 1.69. The molecule has 12 heavy (non-hydrogen) atoms. The second-order valence-electron chi connectivity index (χ2n) is 2.58. The molecule has 0 radical (unpaired) electrons. The number of benzene rings is 1. The predicted octanol–water partition coefficient (Wildman–Crippen LogP) is 2.19. The van der Waals surface area contributed by atoms with Crippen molar-refractivity contribution >= 4 is 6.08 Å². The molecule has 0 aliphatic heterocycles. The van der Waals surface area contributed by atoms with Crippen LogP contribution in [0.15, 0.2) is 24.8 Å². The maximum Gasteiger partial charge on any atom is 0.123 e. The summed E-state index contributed by atoms with van der Waals surface area (Å²) < 4.78 is 12.7. The van der Waals surface area contributed by atoms with Crippen molar-refractivity contribution in [3.05, 3.63) is 41.7 Å². The predicted molar refractivity (Wildman–Crippen MR) is 49.3 cm³/mol. The first-order valence-electron chi connectivity index (χ1n) is 3.83. The zero-order chi connectivity index (χ0) is 8.97. The lowest BCUT2D eigenvalue weighted by Crippen LogP contribution is -2.06. The molecular formula is C10H12FN. The van der Waals surface area contributed by atoms with Crippen LogP contribution in [0.4, 0.5) is 4.39 Å². The summed E-state index contributed by atoms with van der Waals surface area (Å²) in [5.41, 5.74) is 1.92. The SMILES string of the molecule is C=Cc1ccc(F)cc1CNC. The molecule has 1 nitrogen and oxygen atoms in total. The Bertz CT molecular complexity index is 281. The third-order valence-corrected chi connectivity index (χ3v) is 1.69. The monoisotopic (exact) mass is 165 g/mol. The molecule has 0 heterocycles. The van der Waals surface area contributed by atoms with Gasteiger partial charge in [0.25, 0.3) is 0 Å². The molecule has 1 N–H and O–H groups in total. The third kappa shape index (κ3) is 1.92. The molecule has 64 valence electrons. The largest absolute Gasteiger partial charge is 0.316 e. The highest BCUT2D eigenvalue weighted by atomic mass is 19.1. The molecule has 0 amide bonds. The number of nitrogens with one attached hydrogen (secondary N) is 1. The van der Waals surface area contributed by atoms with Gasteiger partial charge in [-0.2, -0.15) is 0 Å². The molecule has 1 aromatic rings. The fourth-order valence-electron chi connectivity index (χ4n) is 1.12. The van der Waals surface area contributed by atoms with Crippen molar-refractivity contribution in [2.75, 3.05) is 7.05 Å². The quantitative estimate of drug-likeness (QED) is 0.724. The summed E-state index contributed by atoms with van der Waals surface area (Å²) in [6.45, 7) is 4.32. The van der Waals surface area contributed by atoms with Crippen LogP contribution in [0.3, 0.4) is 0 Å². The van der Waals surface area contributed by atoms with Crippen LogP contribution in [0.25, 0.3) is 6.08 Å².